The monoisotopic (exact) mass is 318 g/mol. The third-order valence-electron chi connectivity index (χ3n) is 3.62. The van der Waals surface area contributed by atoms with Crippen LogP contribution < -0.4 is 5.73 Å². The zero-order chi connectivity index (χ0) is 16.4. The minimum atomic E-state index is 0.401. The molecule has 122 valence electrons. The van der Waals surface area contributed by atoms with Crippen LogP contribution in [0.1, 0.15) is 64.9 Å². The van der Waals surface area contributed by atoms with E-state index in [4.69, 9.17) is 10.7 Å². The van der Waals surface area contributed by atoms with Crippen LogP contribution in [0.2, 0.25) is 0 Å². The van der Waals surface area contributed by atoms with E-state index < -0.39 is 0 Å². The molecule has 1 atom stereocenters. The van der Waals surface area contributed by atoms with E-state index in [0.717, 1.165) is 22.6 Å². The Morgan fingerprint density at radius 1 is 1.18 bits per heavy atom. The van der Waals surface area contributed by atoms with E-state index in [0.29, 0.717) is 6.04 Å². The third kappa shape index (κ3) is 7.17. The largest absolute Gasteiger partial charge is 0.399 e. The Hall–Kier alpha value is -1.22. The average Bonchev–Trinajstić information content (AvgIpc) is 2.51. The maximum Gasteiger partial charge on any atom is 0.0724 e. The van der Waals surface area contributed by atoms with Crippen LogP contribution in [0.15, 0.2) is 35.8 Å². The summed E-state index contributed by atoms with van der Waals surface area (Å²) in [5.74, 6) is 0. The number of nitrogen functional groups attached to an aromatic ring is 1. The molecular weight excluding hydrogens is 288 g/mol. The molecule has 0 aliphatic carbocycles. The van der Waals surface area contributed by atoms with Crippen LogP contribution in [0.3, 0.4) is 0 Å². The second kappa shape index (κ2) is 10.5. The Labute approximate surface area is 140 Å². The number of aliphatic imine (C=N–C) groups is 1. The summed E-state index contributed by atoms with van der Waals surface area (Å²) in [4.78, 5) is 5.91. The van der Waals surface area contributed by atoms with Gasteiger partial charge in [-0.15, -0.1) is 0 Å². The van der Waals surface area contributed by atoms with E-state index in [1.165, 1.54) is 37.1 Å². The Bertz CT molecular complexity index is 477. The van der Waals surface area contributed by atoms with Crippen LogP contribution in [0.4, 0.5) is 5.69 Å². The lowest BCUT2D eigenvalue weighted by molar-refractivity contribution is 0.577. The first-order valence-corrected chi connectivity index (χ1v) is 9.17. The standard InChI is InChI=1S/C19H30N2S/c1-5-7-8-9-10-15(3)21-19(6-2)22-16(4)17-11-13-18(20)14-12-17/h11-15H,4-10,20H2,1-3H3. The molecule has 3 heteroatoms. The summed E-state index contributed by atoms with van der Waals surface area (Å²) in [6.45, 7) is 10.8. The highest BCUT2D eigenvalue weighted by Gasteiger charge is 2.07. The third-order valence-corrected chi connectivity index (χ3v) is 4.73. The molecule has 2 N–H and O–H groups in total. The number of nitrogens with zero attached hydrogens (tertiary/aromatic N) is 1. The lowest BCUT2D eigenvalue weighted by Gasteiger charge is -2.11. The molecule has 0 radical (unpaired) electrons. The number of nitrogens with two attached hydrogens (primary N) is 1. The maximum atomic E-state index is 5.73. The molecule has 2 nitrogen and oxygen atoms in total. The van der Waals surface area contributed by atoms with E-state index in [1.807, 2.05) is 24.3 Å². The van der Waals surface area contributed by atoms with E-state index in [1.54, 1.807) is 11.8 Å². The summed E-state index contributed by atoms with van der Waals surface area (Å²) in [5, 5.41) is 1.17. The Morgan fingerprint density at radius 3 is 2.45 bits per heavy atom. The highest BCUT2D eigenvalue weighted by molar-refractivity contribution is 8.21. The summed E-state index contributed by atoms with van der Waals surface area (Å²) < 4.78 is 0. The number of anilines is 1. The van der Waals surface area contributed by atoms with Gasteiger partial charge in [-0.05, 0) is 37.5 Å². The van der Waals surface area contributed by atoms with Gasteiger partial charge in [0.2, 0.25) is 0 Å². The van der Waals surface area contributed by atoms with Crippen LogP contribution >= 0.6 is 11.8 Å². The van der Waals surface area contributed by atoms with Crippen molar-refractivity contribution in [2.75, 3.05) is 5.73 Å². The number of benzene rings is 1. The van der Waals surface area contributed by atoms with Crippen LogP contribution in [0, 0.1) is 0 Å². The van der Waals surface area contributed by atoms with Crippen molar-refractivity contribution in [3.63, 3.8) is 0 Å². The van der Waals surface area contributed by atoms with Crippen molar-refractivity contribution in [3.05, 3.63) is 36.4 Å². The smallest absolute Gasteiger partial charge is 0.0724 e. The van der Waals surface area contributed by atoms with E-state index in [2.05, 4.69) is 27.4 Å². The fraction of sp³-hybridized carbons (Fsp3) is 0.526. The van der Waals surface area contributed by atoms with E-state index >= 15 is 0 Å². The summed E-state index contributed by atoms with van der Waals surface area (Å²) in [6.07, 6.45) is 7.35. The Morgan fingerprint density at radius 2 is 1.86 bits per heavy atom. The average molecular weight is 319 g/mol. The van der Waals surface area contributed by atoms with Gasteiger partial charge in [0, 0.05) is 16.6 Å². The van der Waals surface area contributed by atoms with Crippen molar-refractivity contribution in [1.82, 2.24) is 0 Å². The lowest BCUT2D eigenvalue weighted by atomic mass is 10.1. The van der Waals surface area contributed by atoms with Crippen LogP contribution in [0.5, 0.6) is 0 Å². The SMILES string of the molecule is C=C(SC(CC)=NC(C)CCCCCC)c1ccc(N)cc1. The fourth-order valence-electron chi connectivity index (χ4n) is 2.24. The number of hydrogen-bond acceptors (Lipinski definition) is 3. The fourth-order valence-corrected chi connectivity index (χ4v) is 3.15. The molecule has 0 aromatic heterocycles. The molecule has 0 aliphatic rings. The minimum absolute atomic E-state index is 0.401. The molecular formula is C19H30N2S. The predicted octanol–water partition coefficient (Wildman–Crippen LogP) is 6.14. The molecule has 1 aromatic carbocycles. The predicted molar refractivity (Wildman–Crippen MR) is 103 cm³/mol. The normalized spacial score (nSPS) is 13.1. The molecule has 0 spiro atoms. The second-order valence-corrected chi connectivity index (χ2v) is 6.89. The molecule has 1 aromatic rings. The first-order valence-electron chi connectivity index (χ1n) is 8.36. The van der Waals surface area contributed by atoms with Gasteiger partial charge in [0.25, 0.3) is 0 Å². The van der Waals surface area contributed by atoms with Crippen molar-refractivity contribution >= 4 is 27.4 Å². The first-order chi connectivity index (χ1) is 10.6. The number of rotatable bonds is 9. The van der Waals surface area contributed by atoms with Crippen LogP contribution in [-0.4, -0.2) is 11.1 Å². The topological polar surface area (TPSA) is 38.4 Å². The summed E-state index contributed by atoms with van der Waals surface area (Å²) >= 11 is 1.69. The molecule has 0 fully saturated rings. The Kier molecular flexibility index (Phi) is 8.98. The molecule has 1 rings (SSSR count). The van der Waals surface area contributed by atoms with Gasteiger partial charge < -0.3 is 5.73 Å². The first kappa shape index (κ1) is 18.8. The molecule has 0 aliphatic heterocycles. The van der Waals surface area contributed by atoms with Gasteiger partial charge in [-0.25, -0.2) is 0 Å². The van der Waals surface area contributed by atoms with Crippen molar-refractivity contribution in [1.29, 1.82) is 0 Å². The summed E-state index contributed by atoms with van der Waals surface area (Å²) in [7, 11) is 0. The molecule has 0 bridgehead atoms. The molecule has 0 saturated carbocycles. The van der Waals surface area contributed by atoms with Crippen molar-refractivity contribution < 1.29 is 0 Å². The van der Waals surface area contributed by atoms with Crippen molar-refractivity contribution in [3.8, 4) is 0 Å². The van der Waals surface area contributed by atoms with E-state index in [-0.39, 0.29) is 0 Å². The van der Waals surface area contributed by atoms with Gasteiger partial charge in [-0.1, -0.05) is 70.0 Å². The molecule has 0 heterocycles. The number of thioether (sulfide) groups is 1. The van der Waals surface area contributed by atoms with Crippen LogP contribution in [0.25, 0.3) is 4.91 Å². The zero-order valence-corrected chi connectivity index (χ0v) is 15.1. The maximum absolute atomic E-state index is 5.73. The zero-order valence-electron chi connectivity index (χ0n) is 14.3. The van der Waals surface area contributed by atoms with Gasteiger partial charge in [0.05, 0.1) is 5.04 Å². The molecule has 0 saturated heterocycles. The van der Waals surface area contributed by atoms with Crippen LogP contribution in [-0.2, 0) is 0 Å². The van der Waals surface area contributed by atoms with Crippen molar-refractivity contribution in [2.24, 2.45) is 4.99 Å². The number of unbranched alkanes of at least 4 members (excludes halogenated alkanes) is 3. The van der Waals surface area contributed by atoms with Gasteiger partial charge in [-0.2, -0.15) is 0 Å². The highest BCUT2D eigenvalue weighted by atomic mass is 32.2. The van der Waals surface area contributed by atoms with Gasteiger partial charge in [0.15, 0.2) is 0 Å². The molecule has 22 heavy (non-hydrogen) atoms. The summed E-state index contributed by atoms with van der Waals surface area (Å²) in [5.41, 5.74) is 7.63. The second-order valence-electron chi connectivity index (χ2n) is 5.72. The minimum Gasteiger partial charge on any atom is -0.399 e. The lowest BCUT2D eigenvalue weighted by Crippen LogP contribution is -2.02. The molecule has 0 amide bonds. The highest BCUT2D eigenvalue weighted by Crippen LogP contribution is 2.29. The Balaban J connectivity index is 2.53. The van der Waals surface area contributed by atoms with E-state index in [9.17, 15) is 0 Å². The quantitative estimate of drug-likeness (QED) is 0.257. The van der Waals surface area contributed by atoms with Gasteiger partial charge in [-0.3, -0.25) is 4.99 Å². The summed E-state index contributed by atoms with van der Waals surface area (Å²) in [6, 6.07) is 8.28. The number of hydrogen-bond donors (Lipinski definition) is 1. The van der Waals surface area contributed by atoms with Gasteiger partial charge >= 0.3 is 0 Å². The molecule has 1 unspecified atom stereocenters. The van der Waals surface area contributed by atoms with Crippen molar-refractivity contribution in [2.45, 2.75) is 65.3 Å². The van der Waals surface area contributed by atoms with Gasteiger partial charge in [0.1, 0.15) is 0 Å².